The molecule has 0 radical (unpaired) electrons. The third-order valence-corrected chi connectivity index (χ3v) is 8.08. The molecule has 0 aromatic heterocycles. The Morgan fingerprint density at radius 2 is 1.69 bits per heavy atom. The van der Waals surface area contributed by atoms with Crippen LogP contribution in [0.15, 0.2) is 0 Å². The quantitative estimate of drug-likeness (QED) is 0.413. The molecule has 5 atom stereocenters. The molecule has 0 aromatic carbocycles. The predicted octanol–water partition coefficient (Wildman–Crippen LogP) is 1.11. The number of nitrogens with two attached hydrogens (primary N) is 1. The molecule has 0 spiro atoms. The Labute approximate surface area is 206 Å². The summed E-state index contributed by atoms with van der Waals surface area (Å²) >= 11 is 0. The highest BCUT2D eigenvalue weighted by molar-refractivity contribution is 6.37. The number of hydrogen-bond acceptors (Lipinski definition) is 6. The summed E-state index contributed by atoms with van der Waals surface area (Å²) in [6.45, 7) is 10.1. The van der Waals surface area contributed by atoms with E-state index in [1.54, 1.807) is 0 Å². The van der Waals surface area contributed by atoms with Crippen molar-refractivity contribution in [3.8, 4) is 0 Å². The molecule has 4 aliphatic rings. The Kier molecular flexibility index (Phi) is 6.38. The highest BCUT2D eigenvalue weighted by Gasteiger charge is 2.70. The standard InChI is InChI=1S/C25H38N4O6/c1-24(2,3)19(28-23(34)35-13-8-9-13)22(33)29-11-14-16(25(14,4)5)17(29)21(32)27-15(10-12-6-7-12)18(30)20(26)31/h12-17,19H,6-11H2,1-5H3,(H2,26,31)(H,27,32)(H,28,34). The molecular weight excluding hydrogens is 452 g/mol. The van der Waals surface area contributed by atoms with E-state index in [0.29, 0.717) is 13.0 Å². The van der Waals surface area contributed by atoms with Gasteiger partial charge in [-0.3, -0.25) is 19.2 Å². The average Bonchev–Trinajstić information content (AvgIpc) is 3.69. The van der Waals surface area contributed by atoms with Gasteiger partial charge >= 0.3 is 6.09 Å². The van der Waals surface area contributed by atoms with Gasteiger partial charge in [-0.2, -0.15) is 0 Å². The SMILES string of the molecule is CC(C)(C)C(NC(=O)OC1CC1)C(=O)N1CC2C(C1C(=O)NC(CC1CC1)C(=O)C(N)=O)C2(C)C. The maximum atomic E-state index is 13.8. The number of likely N-dealkylation sites (tertiary alicyclic amines) is 1. The van der Waals surface area contributed by atoms with Crippen molar-refractivity contribution < 1.29 is 28.7 Å². The first-order valence-corrected chi connectivity index (χ1v) is 12.6. The number of carbonyl (C=O) groups excluding carboxylic acids is 5. The van der Waals surface area contributed by atoms with Crippen molar-refractivity contribution in [3.05, 3.63) is 0 Å². The summed E-state index contributed by atoms with van der Waals surface area (Å²) in [7, 11) is 0. The number of hydrogen-bond donors (Lipinski definition) is 3. The number of amides is 4. The van der Waals surface area contributed by atoms with E-state index in [1.165, 1.54) is 4.90 Å². The molecule has 4 fully saturated rings. The molecule has 3 aliphatic carbocycles. The molecule has 0 aromatic rings. The smallest absolute Gasteiger partial charge is 0.408 e. The minimum Gasteiger partial charge on any atom is -0.446 e. The Hall–Kier alpha value is -2.65. The van der Waals surface area contributed by atoms with Gasteiger partial charge in [-0.05, 0) is 47.8 Å². The van der Waals surface area contributed by atoms with Crippen molar-refractivity contribution >= 4 is 29.6 Å². The van der Waals surface area contributed by atoms with Crippen LogP contribution >= 0.6 is 0 Å². The number of primary amides is 1. The van der Waals surface area contributed by atoms with Gasteiger partial charge in [0.2, 0.25) is 17.6 Å². The van der Waals surface area contributed by atoms with Crippen molar-refractivity contribution in [2.45, 2.75) is 91.0 Å². The van der Waals surface area contributed by atoms with Crippen molar-refractivity contribution in [2.24, 2.45) is 34.3 Å². The molecule has 0 bridgehead atoms. The van der Waals surface area contributed by atoms with Crippen LogP contribution in [0.3, 0.4) is 0 Å². The number of ether oxygens (including phenoxy) is 1. The Morgan fingerprint density at radius 1 is 1.06 bits per heavy atom. The van der Waals surface area contributed by atoms with Crippen LogP contribution in [0, 0.1) is 28.6 Å². The predicted molar refractivity (Wildman–Crippen MR) is 126 cm³/mol. The molecule has 35 heavy (non-hydrogen) atoms. The van der Waals surface area contributed by atoms with Crippen LogP contribution in [0.2, 0.25) is 0 Å². The van der Waals surface area contributed by atoms with Crippen LogP contribution in [0.25, 0.3) is 0 Å². The van der Waals surface area contributed by atoms with Crippen LogP contribution in [-0.4, -0.2) is 65.3 Å². The minimum absolute atomic E-state index is 0.0734. The van der Waals surface area contributed by atoms with Crippen LogP contribution < -0.4 is 16.4 Å². The van der Waals surface area contributed by atoms with Gasteiger partial charge in [0.25, 0.3) is 5.91 Å². The summed E-state index contributed by atoms with van der Waals surface area (Å²) in [6, 6.07) is -2.68. The summed E-state index contributed by atoms with van der Waals surface area (Å²) in [6.07, 6.45) is 3.16. The number of carbonyl (C=O) groups is 5. The Balaban J connectivity index is 1.53. The third kappa shape index (κ3) is 5.30. The van der Waals surface area contributed by atoms with Crippen LogP contribution in [0.1, 0.15) is 66.7 Å². The molecule has 3 saturated carbocycles. The number of alkyl carbamates (subject to hydrolysis) is 1. The van der Waals surface area contributed by atoms with Crippen molar-refractivity contribution in [1.82, 2.24) is 15.5 Å². The van der Waals surface area contributed by atoms with E-state index in [2.05, 4.69) is 24.5 Å². The molecule has 10 heteroatoms. The Morgan fingerprint density at radius 3 is 2.20 bits per heavy atom. The monoisotopic (exact) mass is 490 g/mol. The largest absolute Gasteiger partial charge is 0.446 e. The lowest BCUT2D eigenvalue weighted by molar-refractivity contribution is -0.145. The first-order chi connectivity index (χ1) is 16.2. The summed E-state index contributed by atoms with van der Waals surface area (Å²) in [5, 5.41) is 5.47. The highest BCUT2D eigenvalue weighted by Crippen LogP contribution is 2.65. The molecule has 4 rings (SSSR count). The maximum Gasteiger partial charge on any atom is 0.408 e. The highest BCUT2D eigenvalue weighted by atomic mass is 16.6. The molecule has 10 nitrogen and oxygen atoms in total. The van der Waals surface area contributed by atoms with E-state index in [1.807, 2.05) is 20.8 Å². The fourth-order valence-corrected chi connectivity index (χ4v) is 5.46. The van der Waals surface area contributed by atoms with E-state index >= 15 is 0 Å². The van der Waals surface area contributed by atoms with Crippen LogP contribution in [0.4, 0.5) is 4.79 Å². The number of rotatable bonds is 9. The fraction of sp³-hybridized carbons (Fsp3) is 0.800. The second-order valence-electron chi connectivity index (χ2n) is 12.4. The minimum atomic E-state index is -1.08. The maximum absolute atomic E-state index is 13.8. The first-order valence-electron chi connectivity index (χ1n) is 12.6. The van der Waals surface area contributed by atoms with Gasteiger partial charge in [0, 0.05) is 6.54 Å². The summed E-state index contributed by atoms with van der Waals surface area (Å²) in [5.74, 6) is -2.36. The number of piperidine rings is 1. The molecule has 1 heterocycles. The number of nitrogens with one attached hydrogen (secondary N) is 2. The molecule has 194 valence electrons. The molecule has 4 amide bonds. The number of nitrogens with zero attached hydrogens (tertiary/aromatic N) is 1. The summed E-state index contributed by atoms with van der Waals surface area (Å²) in [4.78, 5) is 65.2. The molecule has 1 aliphatic heterocycles. The van der Waals surface area contributed by atoms with E-state index in [0.717, 1.165) is 25.7 Å². The third-order valence-electron chi connectivity index (χ3n) is 8.08. The zero-order valence-electron chi connectivity index (χ0n) is 21.3. The zero-order valence-corrected chi connectivity index (χ0v) is 21.3. The molecule has 1 saturated heterocycles. The van der Waals surface area contributed by atoms with E-state index in [-0.39, 0.29) is 35.2 Å². The van der Waals surface area contributed by atoms with Crippen molar-refractivity contribution in [3.63, 3.8) is 0 Å². The van der Waals surface area contributed by atoms with Crippen molar-refractivity contribution in [1.29, 1.82) is 0 Å². The molecule has 5 unspecified atom stereocenters. The number of Topliss-reactive ketones (excluding diaryl/α,β-unsaturated/α-hetero) is 1. The number of ketones is 1. The lowest BCUT2D eigenvalue weighted by Crippen LogP contribution is -2.60. The fourth-order valence-electron chi connectivity index (χ4n) is 5.46. The van der Waals surface area contributed by atoms with Crippen LogP contribution in [-0.2, 0) is 23.9 Å². The van der Waals surface area contributed by atoms with E-state index in [9.17, 15) is 24.0 Å². The van der Waals surface area contributed by atoms with E-state index < -0.39 is 47.2 Å². The van der Waals surface area contributed by atoms with Crippen LogP contribution in [0.5, 0.6) is 0 Å². The van der Waals surface area contributed by atoms with Gasteiger partial charge in [-0.1, -0.05) is 47.5 Å². The normalized spacial score (nSPS) is 28.4. The second-order valence-corrected chi connectivity index (χ2v) is 12.4. The first kappa shape index (κ1) is 25.4. The Bertz CT molecular complexity index is 933. The van der Waals surface area contributed by atoms with E-state index in [4.69, 9.17) is 10.5 Å². The second kappa shape index (κ2) is 8.78. The summed E-state index contributed by atoms with van der Waals surface area (Å²) in [5.41, 5.74) is 4.48. The van der Waals surface area contributed by atoms with Gasteiger partial charge in [-0.15, -0.1) is 0 Å². The molecule has 4 N–H and O–H groups in total. The average molecular weight is 491 g/mol. The lowest BCUT2D eigenvalue weighted by atomic mass is 9.85. The topological polar surface area (TPSA) is 148 Å². The summed E-state index contributed by atoms with van der Waals surface area (Å²) < 4.78 is 5.30. The van der Waals surface area contributed by atoms with Gasteiger partial charge in [0.15, 0.2) is 0 Å². The van der Waals surface area contributed by atoms with Gasteiger partial charge in [0.1, 0.15) is 18.2 Å². The van der Waals surface area contributed by atoms with Gasteiger partial charge < -0.3 is 26.0 Å². The lowest BCUT2D eigenvalue weighted by Gasteiger charge is -2.37. The van der Waals surface area contributed by atoms with Gasteiger partial charge in [0.05, 0.1) is 6.04 Å². The number of fused-ring (bicyclic) bond motifs is 1. The van der Waals surface area contributed by atoms with Gasteiger partial charge in [-0.25, -0.2) is 4.79 Å². The zero-order chi connectivity index (χ0) is 25.9. The van der Waals surface area contributed by atoms with Crippen molar-refractivity contribution in [2.75, 3.05) is 6.54 Å². The molecular formula is C25H38N4O6.